The molecule has 0 heterocycles. The maximum absolute atomic E-state index is 12.5. The molecule has 1 unspecified atom stereocenters. The summed E-state index contributed by atoms with van der Waals surface area (Å²) in [6.45, 7) is 4.12. The van der Waals surface area contributed by atoms with Crippen LogP contribution in [0.15, 0.2) is 59.5 Å². The van der Waals surface area contributed by atoms with Crippen LogP contribution in [-0.2, 0) is 14.8 Å². The van der Waals surface area contributed by atoms with Crippen LogP contribution in [0.4, 0.5) is 11.4 Å². The van der Waals surface area contributed by atoms with Crippen molar-refractivity contribution in [2.45, 2.75) is 38.0 Å². The van der Waals surface area contributed by atoms with Gasteiger partial charge < -0.3 is 5.32 Å². The molecule has 0 saturated heterocycles. The third kappa shape index (κ3) is 5.60. The van der Waals surface area contributed by atoms with E-state index in [1.54, 1.807) is 42.5 Å². The van der Waals surface area contributed by atoms with Crippen LogP contribution in [0, 0.1) is 5.92 Å². The summed E-state index contributed by atoms with van der Waals surface area (Å²) < 4.78 is 27.5. The van der Waals surface area contributed by atoms with Gasteiger partial charge in [0.25, 0.3) is 10.0 Å². The van der Waals surface area contributed by atoms with Crippen molar-refractivity contribution in [3.05, 3.63) is 54.6 Å². The van der Waals surface area contributed by atoms with E-state index < -0.39 is 10.0 Å². The Morgan fingerprint density at radius 3 is 2.24 bits per heavy atom. The molecule has 0 aromatic heterocycles. The highest BCUT2D eigenvalue weighted by Gasteiger charge is 2.16. The van der Waals surface area contributed by atoms with E-state index in [4.69, 9.17) is 0 Å². The summed E-state index contributed by atoms with van der Waals surface area (Å²) in [4.78, 5) is 12.4. The molecule has 2 rings (SSSR count). The summed E-state index contributed by atoms with van der Waals surface area (Å²) in [6, 6.07) is 14.9. The Bertz CT molecular complexity index is 804. The van der Waals surface area contributed by atoms with E-state index >= 15 is 0 Å². The predicted molar refractivity (Wildman–Crippen MR) is 101 cm³/mol. The average molecular weight is 360 g/mol. The van der Waals surface area contributed by atoms with E-state index in [1.807, 2.05) is 6.92 Å². The monoisotopic (exact) mass is 360 g/mol. The Kier molecular flexibility index (Phi) is 6.58. The molecule has 2 aromatic carbocycles. The van der Waals surface area contributed by atoms with Gasteiger partial charge in [-0.05, 0) is 30.2 Å². The largest absolute Gasteiger partial charge is 0.324 e. The van der Waals surface area contributed by atoms with Crippen molar-refractivity contribution in [1.82, 2.24) is 0 Å². The first-order chi connectivity index (χ1) is 11.9. The lowest BCUT2D eigenvalue weighted by Crippen LogP contribution is -2.18. The lowest BCUT2D eigenvalue weighted by atomic mass is 10.0. The van der Waals surface area contributed by atoms with Gasteiger partial charge in [-0.3, -0.25) is 9.52 Å². The molecule has 25 heavy (non-hydrogen) atoms. The standard InChI is InChI=1S/C19H24N2O3S/c1-3-9-15(2)14-19(22)20-17-12-7-8-13-18(17)21-25(23,24)16-10-5-4-6-11-16/h4-8,10-13,15,21H,3,9,14H2,1-2H3,(H,20,22). The zero-order valence-corrected chi connectivity index (χ0v) is 15.3. The van der Waals surface area contributed by atoms with Crippen LogP contribution in [0.25, 0.3) is 0 Å². The lowest BCUT2D eigenvalue weighted by molar-refractivity contribution is -0.117. The molecule has 2 N–H and O–H groups in total. The molecule has 0 spiro atoms. The molecule has 1 atom stereocenters. The second-order valence-corrected chi connectivity index (χ2v) is 7.79. The lowest BCUT2D eigenvalue weighted by Gasteiger charge is -2.15. The van der Waals surface area contributed by atoms with Crippen LogP contribution in [-0.4, -0.2) is 14.3 Å². The highest BCUT2D eigenvalue weighted by molar-refractivity contribution is 7.92. The first kappa shape index (κ1) is 19.0. The van der Waals surface area contributed by atoms with E-state index in [9.17, 15) is 13.2 Å². The number of rotatable bonds is 8. The number of carbonyl (C=O) groups excluding carboxylic acids is 1. The molecule has 0 aliphatic rings. The minimum atomic E-state index is -3.70. The summed E-state index contributed by atoms with van der Waals surface area (Å²) in [5.74, 6) is 0.172. The number of hydrogen-bond donors (Lipinski definition) is 2. The van der Waals surface area contributed by atoms with Gasteiger partial charge in [0.05, 0.1) is 16.3 Å². The van der Waals surface area contributed by atoms with Gasteiger partial charge in [-0.2, -0.15) is 0 Å². The van der Waals surface area contributed by atoms with Gasteiger partial charge in [0, 0.05) is 6.42 Å². The molecular formula is C19H24N2O3S. The van der Waals surface area contributed by atoms with Crippen LogP contribution in [0.2, 0.25) is 0 Å². The average Bonchev–Trinajstić information content (AvgIpc) is 2.57. The van der Waals surface area contributed by atoms with Crippen LogP contribution in [0.1, 0.15) is 33.1 Å². The Morgan fingerprint density at radius 2 is 1.60 bits per heavy atom. The number of carbonyl (C=O) groups is 1. The van der Waals surface area contributed by atoms with Gasteiger partial charge in [0.1, 0.15) is 0 Å². The summed E-state index contributed by atoms with van der Waals surface area (Å²) in [6.07, 6.45) is 2.42. The third-order valence-corrected chi connectivity index (χ3v) is 5.20. The molecule has 0 aliphatic heterocycles. The minimum Gasteiger partial charge on any atom is -0.324 e. The van der Waals surface area contributed by atoms with Crippen LogP contribution in [0.5, 0.6) is 0 Å². The molecular weight excluding hydrogens is 336 g/mol. The number of sulfonamides is 1. The fourth-order valence-electron chi connectivity index (χ4n) is 2.60. The molecule has 5 nitrogen and oxygen atoms in total. The number of benzene rings is 2. The first-order valence-electron chi connectivity index (χ1n) is 8.39. The normalized spacial score (nSPS) is 12.4. The number of anilines is 2. The van der Waals surface area contributed by atoms with Gasteiger partial charge in [-0.25, -0.2) is 8.42 Å². The highest BCUT2D eigenvalue weighted by Crippen LogP contribution is 2.25. The molecule has 0 fully saturated rings. The molecule has 0 bridgehead atoms. The highest BCUT2D eigenvalue weighted by atomic mass is 32.2. The van der Waals surface area contributed by atoms with Gasteiger partial charge in [0.2, 0.25) is 5.91 Å². The molecule has 134 valence electrons. The number of nitrogens with one attached hydrogen (secondary N) is 2. The topological polar surface area (TPSA) is 75.3 Å². The van der Waals surface area contributed by atoms with Crippen molar-refractivity contribution in [1.29, 1.82) is 0 Å². The maximum Gasteiger partial charge on any atom is 0.261 e. The smallest absolute Gasteiger partial charge is 0.261 e. The summed E-state index contributed by atoms with van der Waals surface area (Å²) in [5, 5.41) is 2.81. The molecule has 0 radical (unpaired) electrons. The molecule has 2 aromatic rings. The van der Waals surface area contributed by atoms with Crippen molar-refractivity contribution in [2.24, 2.45) is 5.92 Å². The van der Waals surface area contributed by atoms with E-state index in [-0.39, 0.29) is 16.7 Å². The van der Waals surface area contributed by atoms with Gasteiger partial charge in [0.15, 0.2) is 0 Å². The molecule has 0 aliphatic carbocycles. The summed E-state index contributed by atoms with van der Waals surface area (Å²) >= 11 is 0. The van der Waals surface area contributed by atoms with Crippen LogP contribution in [0.3, 0.4) is 0 Å². The van der Waals surface area contributed by atoms with Crippen molar-refractivity contribution in [2.75, 3.05) is 10.0 Å². The Balaban J connectivity index is 2.14. The van der Waals surface area contributed by atoms with E-state index in [0.29, 0.717) is 17.8 Å². The predicted octanol–water partition coefficient (Wildman–Crippen LogP) is 4.25. The Morgan fingerprint density at radius 1 is 1.00 bits per heavy atom. The second-order valence-electron chi connectivity index (χ2n) is 6.11. The Hall–Kier alpha value is -2.34. The van der Waals surface area contributed by atoms with E-state index in [1.165, 1.54) is 12.1 Å². The number of para-hydroxylation sites is 2. The van der Waals surface area contributed by atoms with E-state index in [0.717, 1.165) is 12.8 Å². The van der Waals surface area contributed by atoms with Crippen LogP contribution < -0.4 is 10.0 Å². The van der Waals surface area contributed by atoms with Gasteiger partial charge in [-0.1, -0.05) is 57.0 Å². The van der Waals surface area contributed by atoms with E-state index in [2.05, 4.69) is 17.0 Å². The molecule has 6 heteroatoms. The second kappa shape index (κ2) is 8.67. The minimum absolute atomic E-state index is 0.118. The third-order valence-electron chi connectivity index (χ3n) is 3.81. The quantitative estimate of drug-likeness (QED) is 0.739. The zero-order valence-electron chi connectivity index (χ0n) is 14.5. The number of hydrogen-bond acceptors (Lipinski definition) is 3. The van der Waals surface area contributed by atoms with Crippen molar-refractivity contribution in [3.8, 4) is 0 Å². The summed E-state index contributed by atoms with van der Waals surface area (Å²) in [5.41, 5.74) is 0.804. The Labute approximate surface area is 149 Å². The van der Waals surface area contributed by atoms with Crippen molar-refractivity contribution in [3.63, 3.8) is 0 Å². The maximum atomic E-state index is 12.5. The molecule has 0 saturated carbocycles. The molecule has 1 amide bonds. The first-order valence-corrected chi connectivity index (χ1v) is 9.87. The number of amides is 1. The van der Waals surface area contributed by atoms with Gasteiger partial charge in [-0.15, -0.1) is 0 Å². The van der Waals surface area contributed by atoms with Crippen molar-refractivity contribution < 1.29 is 13.2 Å². The van der Waals surface area contributed by atoms with Gasteiger partial charge >= 0.3 is 0 Å². The summed E-state index contributed by atoms with van der Waals surface area (Å²) in [7, 11) is -3.70. The SMILES string of the molecule is CCCC(C)CC(=O)Nc1ccccc1NS(=O)(=O)c1ccccc1. The fraction of sp³-hybridized carbons (Fsp3) is 0.316. The van der Waals surface area contributed by atoms with Crippen molar-refractivity contribution >= 4 is 27.3 Å². The van der Waals surface area contributed by atoms with Crippen LogP contribution >= 0.6 is 0 Å². The zero-order chi connectivity index (χ0) is 18.3. The fourth-order valence-corrected chi connectivity index (χ4v) is 3.70.